The monoisotopic (exact) mass is 282 g/mol. The molecule has 1 amide bonds. The molecule has 0 unspecified atom stereocenters. The average molecular weight is 283 g/mol. The summed E-state index contributed by atoms with van der Waals surface area (Å²) < 4.78 is 0. The minimum absolute atomic E-state index is 0.275. The van der Waals surface area contributed by atoms with E-state index < -0.39 is 5.60 Å². The number of hydrogen-bond acceptors (Lipinski definition) is 3. The van der Waals surface area contributed by atoms with E-state index in [1.54, 1.807) is 6.07 Å². The summed E-state index contributed by atoms with van der Waals surface area (Å²) in [5.41, 5.74) is -0.428. The first-order chi connectivity index (χ1) is 9.11. The van der Waals surface area contributed by atoms with Crippen molar-refractivity contribution in [1.29, 1.82) is 0 Å². The first-order valence-corrected chi connectivity index (χ1v) is 7.09. The lowest BCUT2D eigenvalue weighted by atomic mass is 9.94. The normalized spacial score (nSPS) is 18.6. The number of halogens is 1. The van der Waals surface area contributed by atoms with Crippen LogP contribution in [0.1, 0.15) is 48.9 Å². The van der Waals surface area contributed by atoms with Gasteiger partial charge in [-0.05, 0) is 18.9 Å². The van der Waals surface area contributed by atoms with Gasteiger partial charge in [0.1, 0.15) is 0 Å². The third-order valence-corrected chi connectivity index (χ3v) is 3.95. The number of pyridine rings is 1. The molecule has 5 heteroatoms. The van der Waals surface area contributed by atoms with Gasteiger partial charge >= 0.3 is 0 Å². The predicted octanol–water partition coefficient (Wildman–Crippen LogP) is 2.55. The molecule has 0 atom stereocenters. The predicted molar refractivity (Wildman–Crippen MR) is 74.2 cm³/mol. The molecule has 1 heterocycles. The molecule has 0 aromatic carbocycles. The molecule has 0 spiro atoms. The van der Waals surface area contributed by atoms with E-state index in [2.05, 4.69) is 10.3 Å². The Morgan fingerprint density at radius 1 is 1.37 bits per heavy atom. The van der Waals surface area contributed by atoms with E-state index in [-0.39, 0.29) is 12.5 Å². The number of hydrogen-bond donors (Lipinski definition) is 2. The van der Waals surface area contributed by atoms with Gasteiger partial charge in [0.15, 0.2) is 0 Å². The second kappa shape index (κ2) is 6.35. The molecule has 0 bridgehead atoms. The van der Waals surface area contributed by atoms with Crippen LogP contribution in [0.2, 0.25) is 5.02 Å². The van der Waals surface area contributed by atoms with Crippen molar-refractivity contribution < 1.29 is 9.90 Å². The highest BCUT2D eigenvalue weighted by Gasteiger charge is 2.28. The van der Waals surface area contributed by atoms with Crippen LogP contribution in [0.3, 0.4) is 0 Å². The smallest absolute Gasteiger partial charge is 0.254 e. The standard InChI is InChI=1S/C14H19ClN2O2/c15-12-5-8-16-9-11(12)13(18)17-10-14(19)6-3-1-2-4-7-14/h5,8-9,19H,1-4,6-7,10H2,(H,17,18). The molecule has 1 aliphatic rings. The molecular weight excluding hydrogens is 264 g/mol. The van der Waals surface area contributed by atoms with Gasteiger partial charge in [-0.1, -0.05) is 37.3 Å². The second-order valence-corrected chi connectivity index (χ2v) is 5.58. The fraction of sp³-hybridized carbons (Fsp3) is 0.571. The maximum atomic E-state index is 12.0. The molecule has 0 aliphatic heterocycles. The van der Waals surface area contributed by atoms with Gasteiger partial charge in [0.25, 0.3) is 5.91 Å². The third kappa shape index (κ3) is 3.91. The Labute approximate surface area is 118 Å². The molecule has 1 aromatic rings. The van der Waals surface area contributed by atoms with E-state index in [9.17, 15) is 9.90 Å². The summed E-state index contributed by atoms with van der Waals surface area (Å²) in [6.07, 6.45) is 8.81. The zero-order chi connectivity index (χ0) is 13.7. The number of aliphatic hydroxyl groups is 1. The fourth-order valence-corrected chi connectivity index (χ4v) is 2.64. The van der Waals surface area contributed by atoms with E-state index >= 15 is 0 Å². The Morgan fingerprint density at radius 3 is 2.68 bits per heavy atom. The average Bonchev–Trinajstić information content (AvgIpc) is 2.62. The molecule has 19 heavy (non-hydrogen) atoms. The number of nitrogens with one attached hydrogen (secondary N) is 1. The van der Waals surface area contributed by atoms with Gasteiger partial charge in [-0.25, -0.2) is 0 Å². The summed E-state index contributed by atoms with van der Waals surface area (Å²) in [5.74, 6) is -0.282. The van der Waals surface area contributed by atoms with Crippen LogP contribution in [-0.4, -0.2) is 28.1 Å². The highest BCUT2D eigenvalue weighted by molar-refractivity contribution is 6.33. The lowest BCUT2D eigenvalue weighted by Crippen LogP contribution is -2.42. The Hall–Kier alpha value is -1.13. The largest absolute Gasteiger partial charge is 0.388 e. The summed E-state index contributed by atoms with van der Waals surface area (Å²) in [5, 5.41) is 13.6. The second-order valence-electron chi connectivity index (χ2n) is 5.18. The Morgan fingerprint density at radius 2 is 2.05 bits per heavy atom. The molecule has 1 saturated carbocycles. The van der Waals surface area contributed by atoms with Crippen molar-refractivity contribution in [2.45, 2.75) is 44.1 Å². The van der Waals surface area contributed by atoms with Gasteiger partial charge in [0, 0.05) is 18.9 Å². The summed E-state index contributed by atoms with van der Waals surface area (Å²) in [4.78, 5) is 15.9. The maximum absolute atomic E-state index is 12.0. The summed E-state index contributed by atoms with van der Waals surface area (Å²) >= 11 is 5.94. The van der Waals surface area contributed by atoms with Gasteiger partial charge < -0.3 is 10.4 Å². The topological polar surface area (TPSA) is 62.2 Å². The van der Waals surface area contributed by atoms with Gasteiger partial charge in [-0.15, -0.1) is 0 Å². The number of aromatic nitrogens is 1. The maximum Gasteiger partial charge on any atom is 0.254 e. The number of carbonyl (C=O) groups excluding carboxylic acids is 1. The summed E-state index contributed by atoms with van der Waals surface area (Å²) in [6.45, 7) is 0.275. The van der Waals surface area contributed by atoms with Crippen molar-refractivity contribution in [1.82, 2.24) is 10.3 Å². The van der Waals surface area contributed by atoms with Crippen molar-refractivity contribution in [3.63, 3.8) is 0 Å². The van der Waals surface area contributed by atoms with Crippen molar-refractivity contribution in [2.24, 2.45) is 0 Å². The summed E-state index contributed by atoms with van der Waals surface area (Å²) in [6, 6.07) is 1.58. The molecule has 2 N–H and O–H groups in total. The molecule has 104 valence electrons. The molecule has 4 nitrogen and oxygen atoms in total. The molecule has 1 aliphatic carbocycles. The van der Waals surface area contributed by atoms with Crippen LogP contribution < -0.4 is 5.32 Å². The van der Waals surface area contributed by atoms with Crippen molar-refractivity contribution in [2.75, 3.05) is 6.54 Å². The van der Waals surface area contributed by atoms with Crippen molar-refractivity contribution in [3.05, 3.63) is 29.0 Å². The van der Waals surface area contributed by atoms with Crippen LogP contribution in [0.4, 0.5) is 0 Å². The van der Waals surface area contributed by atoms with E-state index in [0.29, 0.717) is 10.6 Å². The first kappa shape index (κ1) is 14.3. The van der Waals surface area contributed by atoms with E-state index in [4.69, 9.17) is 11.6 Å². The number of nitrogens with zero attached hydrogens (tertiary/aromatic N) is 1. The zero-order valence-electron chi connectivity index (χ0n) is 10.9. The quantitative estimate of drug-likeness (QED) is 0.838. The third-order valence-electron chi connectivity index (χ3n) is 3.62. The van der Waals surface area contributed by atoms with Gasteiger partial charge in [0.05, 0.1) is 16.2 Å². The molecular formula is C14H19ClN2O2. The van der Waals surface area contributed by atoms with Crippen molar-refractivity contribution in [3.8, 4) is 0 Å². The number of carbonyl (C=O) groups is 1. The Bertz CT molecular complexity index is 443. The lowest BCUT2D eigenvalue weighted by molar-refractivity contribution is 0.0246. The van der Waals surface area contributed by atoms with Gasteiger partial charge in [0.2, 0.25) is 0 Å². The lowest BCUT2D eigenvalue weighted by Gasteiger charge is -2.26. The molecule has 0 saturated heterocycles. The van der Waals surface area contributed by atoms with E-state index in [1.807, 2.05) is 0 Å². The highest BCUT2D eigenvalue weighted by Crippen LogP contribution is 2.26. The van der Waals surface area contributed by atoms with Crippen LogP contribution in [0.5, 0.6) is 0 Å². The van der Waals surface area contributed by atoms with Gasteiger partial charge in [-0.2, -0.15) is 0 Å². The van der Waals surface area contributed by atoms with Crippen molar-refractivity contribution >= 4 is 17.5 Å². The zero-order valence-corrected chi connectivity index (χ0v) is 11.6. The van der Waals surface area contributed by atoms with Crippen LogP contribution in [-0.2, 0) is 0 Å². The SMILES string of the molecule is O=C(NCC1(O)CCCCCC1)c1cnccc1Cl. The minimum atomic E-state index is -0.777. The summed E-state index contributed by atoms with van der Waals surface area (Å²) in [7, 11) is 0. The van der Waals surface area contributed by atoms with Crippen LogP contribution >= 0.6 is 11.6 Å². The van der Waals surface area contributed by atoms with Crippen LogP contribution in [0, 0.1) is 0 Å². The molecule has 0 radical (unpaired) electrons. The van der Waals surface area contributed by atoms with Crippen LogP contribution in [0.15, 0.2) is 18.5 Å². The number of rotatable bonds is 3. The van der Waals surface area contributed by atoms with Crippen LogP contribution in [0.25, 0.3) is 0 Å². The van der Waals surface area contributed by atoms with E-state index in [0.717, 1.165) is 38.5 Å². The Kier molecular flexibility index (Phi) is 4.77. The number of amides is 1. The van der Waals surface area contributed by atoms with Gasteiger partial charge in [-0.3, -0.25) is 9.78 Å². The van der Waals surface area contributed by atoms with E-state index in [1.165, 1.54) is 12.4 Å². The highest BCUT2D eigenvalue weighted by atomic mass is 35.5. The first-order valence-electron chi connectivity index (χ1n) is 6.71. The molecule has 2 rings (SSSR count). The molecule has 1 aromatic heterocycles. The minimum Gasteiger partial charge on any atom is -0.388 e. The Balaban J connectivity index is 1.94. The molecule has 1 fully saturated rings. The fourth-order valence-electron chi connectivity index (χ4n) is 2.45.